The third-order valence-corrected chi connectivity index (χ3v) is 6.78. The van der Waals surface area contributed by atoms with E-state index in [-0.39, 0.29) is 18.0 Å². The first kappa shape index (κ1) is 20.4. The van der Waals surface area contributed by atoms with Crippen molar-refractivity contribution < 1.29 is 22.3 Å². The van der Waals surface area contributed by atoms with Crippen LogP contribution >= 0.6 is 0 Å². The Balaban J connectivity index is 1.92. The summed E-state index contributed by atoms with van der Waals surface area (Å²) >= 11 is 0. The van der Waals surface area contributed by atoms with Gasteiger partial charge in [0.25, 0.3) is 0 Å². The van der Waals surface area contributed by atoms with Gasteiger partial charge < -0.3 is 14.4 Å². The van der Waals surface area contributed by atoms with Gasteiger partial charge in [-0.3, -0.25) is 0 Å². The molecule has 152 valence electrons. The number of para-hydroxylation sites is 1. The van der Waals surface area contributed by atoms with Crippen LogP contribution in [0.2, 0.25) is 0 Å². The molecular formula is C20H25FN2O4S. The minimum atomic E-state index is -4.06. The predicted molar refractivity (Wildman–Crippen MR) is 106 cm³/mol. The molecule has 0 aliphatic carbocycles. The number of anilines is 1. The zero-order valence-electron chi connectivity index (χ0n) is 16.3. The Labute approximate surface area is 165 Å². The maximum Gasteiger partial charge on any atom is 0.246 e. The summed E-state index contributed by atoms with van der Waals surface area (Å²) in [6.45, 7) is 2.05. The molecule has 0 aromatic heterocycles. The van der Waals surface area contributed by atoms with Crippen LogP contribution in [0.4, 0.5) is 10.1 Å². The number of hydrogen-bond donors (Lipinski definition) is 0. The number of rotatable bonds is 7. The lowest BCUT2D eigenvalue weighted by molar-refractivity contribution is 0.349. The highest BCUT2D eigenvalue weighted by atomic mass is 32.2. The molecule has 2 aromatic carbocycles. The van der Waals surface area contributed by atoms with Gasteiger partial charge in [-0.25, -0.2) is 12.8 Å². The molecule has 0 bridgehead atoms. The van der Waals surface area contributed by atoms with E-state index in [2.05, 4.69) is 4.90 Å². The second kappa shape index (κ2) is 8.36. The lowest BCUT2D eigenvalue weighted by Crippen LogP contribution is -2.29. The second-order valence-corrected chi connectivity index (χ2v) is 8.73. The first-order valence-electron chi connectivity index (χ1n) is 9.09. The Morgan fingerprint density at radius 2 is 1.68 bits per heavy atom. The smallest absolute Gasteiger partial charge is 0.246 e. The maximum atomic E-state index is 14.5. The summed E-state index contributed by atoms with van der Waals surface area (Å²) in [7, 11) is 0.134. The average molecular weight is 408 g/mol. The minimum absolute atomic E-state index is 0.140. The van der Waals surface area contributed by atoms with E-state index >= 15 is 0 Å². The standard InChI is InChI=1S/C20H25FN2O4S/c1-22(14-15-8-4-5-9-17(15)23-10-6-7-11-23)28(24,25)20-13-19(27-3)18(26-2)12-16(20)21/h4-5,8-9,12-13H,6-7,10-11,14H2,1-3H3. The van der Waals surface area contributed by atoms with Gasteiger partial charge in [0.2, 0.25) is 10.0 Å². The molecule has 1 aliphatic heterocycles. The zero-order chi connectivity index (χ0) is 20.3. The molecule has 1 heterocycles. The van der Waals surface area contributed by atoms with Crippen molar-refractivity contribution >= 4 is 15.7 Å². The predicted octanol–water partition coefficient (Wildman–Crippen LogP) is 3.26. The van der Waals surface area contributed by atoms with Crippen molar-refractivity contribution in [3.05, 3.63) is 47.8 Å². The van der Waals surface area contributed by atoms with E-state index in [0.29, 0.717) is 0 Å². The number of sulfonamides is 1. The third kappa shape index (κ3) is 3.93. The second-order valence-electron chi connectivity index (χ2n) is 6.72. The molecule has 3 rings (SSSR count). The summed E-state index contributed by atoms with van der Waals surface area (Å²) in [5.41, 5.74) is 1.91. The average Bonchev–Trinajstić information content (AvgIpc) is 3.22. The first-order valence-corrected chi connectivity index (χ1v) is 10.5. The molecule has 1 aliphatic rings. The monoisotopic (exact) mass is 408 g/mol. The minimum Gasteiger partial charge on any atom is -0.493 e. The van der Waals surface area contributed by atoms with Crippen LogP contribution in [0.3, 0.4) is 0 Å². The van der Waals surface area contributed by atoms with Crippen LogP contribution in [0.5, 0.6) is 11.5 Å². The number of hydrogen-bond acceptors (Lipinski definition) is 5. The Kier molecular flexibility index (Phi) is 6.10. The molecule has 28 heavy (non-hydrogen) atoms. The largest absolute Gasteiger partial charge is 0.493 e. The molecule has 0 N–H and O–H groups in total. The van der Waals surface area contributed by atoms with E-state index in [1.165, 1.54) is 21.3 Å². The van der Waals surface area contributed by atoms with E-state index in [4.69, 9.17) is 9.47 Å². The van der Waals surface area contributed by atoms with Gasteiger partial charge in [0, 0.05) is 44.5 Å². The summed E-state index contributed by atoms with van der Waals surface area (Å²) in [6, 6.07) is 9.92. The molecule has 0 radical (unpaired) electrons. The molecule has 1 saturated heterocycles. The van der Waals surface area contributed by atoms with Crippen molar-refractivity contribution in [2.75, 3.05) is 39.3 Å². The summed E-state index contributed by atoms with van der Waals surface area (Å²) in [5, 5.41) is 0. The van der Waals surface area contributed by atoms with Crippen LogP contribution in [0.15, 0.2) is 41.3 Å². The van der Waals surface area contributed by atoms with Gasteiger partial charge in [0.15, 0.2) is 11.5 Å². The van der Waals surface area contributed by atoms with Gasteiger partial charge in [-0.1, -0.05) is 18.2 Å². The van der Waals surface area contributed by atoms with Crippen LogP contribution in [-0.4, -0.2) is 47.1 Å². The first-order chi connectivity index (χ1) is 13.4. The lowest BCUT2D eigenvalue weighted by atomic mass is 10.1. The van der Waals surface area contributed by atoms with Gasteiger partial charge in [0.05, 0.1) is 14.2 Å². The summed E-state index contributed by atoms with van der Waals surface area (Å²) in [4.78, 5) is 1.82. The topological polar surface area (TPSA) is 59.1 Å². The van der Waals surface area contributed by atoms with Gasteiger partial charge in [-0.2, -0.15) is 4.31 Å². The molecule has 6 nitrogen and oxygen atoms in total. The SMILES string of the molecule is COc1cc(F)c(S(=O)(=O)N(C)Cc2ccccc2N2CCCC2)cc1OC. The Morgan fingerprint density at radius 3 is 2.32 bits per heavy atom. The van der Waals surface area contributed by atoms with E-state index < -0.39 is 20.7 Å². The summed E-state index contributed by atoms with van der Waals surface area (Å²) in [5.74, 6) is -0.577. The van der Waals surface area contributed by atoms with E-state index in [1.54, 1.807) is 0 Å². The van der Waals surface area contributed by atoms with Crippen LogP contribution in [0.25, 0.3) is 0 Å². The number of nitrogens with zero attached hydrogens (tertiary/aromatic N) is 2. The fourth-order valence-corrected chi connectivity index (χ4v) is 4.64. The van der Waals surface area contributed by atoms with Crippen molar-refractivity contribution in [3.63, 3.8) is 0 Å². The molecule has 0 saturated carbocycles. The van der Waals surface area contributed by atoms with Crippen LogP contribution < -0.4 is 14.4 Å². The van der Waals surface area contributed by atoms with E-state index in [0.717, 1.165) is 53.6 Å². The number of halogens is 1. The van der Waals surface area contributed by atoms with Crippen molar-refractivity contribution in [1.29, 1.82) is 0 Å². The maximum absolute atomic E-state index is 14.5. The Bertz CT molecular complexity index is 943. The highest BCUT2D eigenvalue weighted by Gasteiger charge is 2.28. The fourth-order valence-electron chi connectivity index (χ4n) is 3.44. The number of ether oxygens (including phenoxy) is 2. The van der Waals surface area contributed by atoms with E-state index in [1.807, 2.05) is 24.3 Å². The van der Waals surface area contributed by atoms with Crippen molar-refractivity contribution in [1.82, 2.24) is 4.31 Å². The Hall–Kier alpha value is -2.32. The lowest BCUT2D eigenvalue weighted by Gasteiger charge is -2.24. The van der Waals surface area contributed by atoms with Gasteiger partial charge in [-0.05, 0) is 24.5 Å². The molecule has 0 unspecified atom stereocenters. The third-order valence-electron chi connectivity index (χ3n) is 4.96. The number of benzene rings is 2. The molecule has 8 heteroatoms. The fraction of sp³-hybridized carbons (Fsp3) is 0.400. The van der Waals surface area contributed by atoms with Gasteiger partial charge >= 0.3 is 0 Å². The molecule has 0 atom stereocenters. The highest BCUT2D eigenvalue weighted by Crippen LogP contribution is 2.34. The van der Waals surface area contributed by atoms with Crippen molar-refractivity contribution in [2.24, 2.45) is 0 Å². The van der Waals surface area contributed by atoms with Gasteiger partial charge in [-0.15, -0.1) is 0 Å². The molecular weight excluding hydrogens is 383 g/mol. The Morgan fingerprint density at radius 1 is 1.07 bits per heavy atom. The molecule has 0 spiro atoms. The van der Waals surface area contributed by atoms with Crippen molar-refractivity contribution in [3.8, 4) is 11.5 Å². The van der Waals surface area contributed by atoms with Crippen LogP contribution in [0.1, 0.15) is 18.4 Å². The highest BCUT2D eigenvalue weighted by molar-refractivity contribution is 7.89. The zero-order valence-corrected chi connectivity index (χ0v) is 17.1. The summed E-state index contributed by atoms with van der Waals surface area (Å²) < 4.78 is 51.9. The quantitative estimate of drug-likeness (QED) is 0.704. The van der Waals surface area contributed by atoms with Crippen LogP contribution in [-0.2, 0) is 16.6 Å². The molecule has 2 aromatic rings. The molecule has 1 fully saturated rings. The normalized spacial score (nSPS) is 14.5. The van der Waals surface area contributed by atoms with E-state index in [9.17, 15) is 12.8 Å². The van der Waals surface area contributed by atoms with Crippen molar-refractivity contribution in [2.45, 2.75) is 24.3 Å². The summed E-state index contributed by atoms with van der Waals surface area (Å²) in [6.07, 6.45) is 2.25. The number of methoxy groups -OCH3 is 2. The van der Waals surface area contributed by atoms with Gasteiger partial charge in [0.1, 0.15) is 10.7 Å². The molecule has 0 amide bonds. The van der Waals surface area contributed by atoms with Crippen LogP contribution in [0, 0.1) is 5.82 Å².